The minimum absolute atomic E-state index is 0.00958. The van der Waals surface area contributed by atoms with Crippen LogP contribution in [0.1, 0.15) is 26.7 Å². The number of esters is 1. The molecular formula is C9H14O3. The minimum Gasteiger partial charge on any atom is -0.463 e. The molecule has 1 aliphatic heterocycles. The van der Waals surface area contributed by atoms with Gasteiger partial charge in [-0.05, 0) is 26.7 Å². The summed E-state index contributed by atoms with van der Waals surface area (Å²) in [4.78, 5) is 11.3. The van der Waals surface area contributed by atoms with Crippen molar-refractivity contribution in [3.8, 4) is 0 Å². The molecule has 0 bridgehead atoms. The summed E-state index contributed by atoms with van der Waals surface area (Å²) in [7, 11) is 0. The molecule has 0 spiro atoms. The average molecular weight is 170 g/mol. The largest absolute Gasteiger partial charge is 0.463 e. The van der Waals surface area contributed by atoms with E-state index < -0.39 is 0 Å². The summed E-state index contributed by atoms with van der Waals surface area (Å²) in [6, 6.07) is 0. The molecule has 2 fully saturated rings. The van der Waals surface area contributed by atoms with Crippen LogP contribution in [0.4, 0.5) is 0 Å². The van der Waals surface area contributed by atoms with Crippen LogP contribution in [-0.4, -0.2) is 24.3 Å². The number of fused-ring (bicyclic) bond motifs is 1. The Morgan fingerprint density at radius 3 is 2.50 bits per heavy atom. The van der Waals surface area contributed by atoms with E-state index in [1.54, 1.807) is 0 Å². The predicted octanol–water partition coefficient (Wildman–Crippen LogP) is 1.12. The van der Waals surface area contributed by atoms with E-state index in [0.717, 1.165) is 12.8 Å². The van der Waals surface area contributed by atoms with Crippen molar-refractivity contribution < 1.29 is 14.3 Å². The van der Waals surface area contributed by atoms with Crippen molar-refractivity contribution >= 4 is 5.97 Å². The van der Waals surface area contributed by atoms with E-state index in [1.807, 2.05) is 13.8 Å². The zero-order valence-corrected chi connectivity index (χ0v) is 7.45. The van der Waals surface area contributed by atoms with Gasteiger partial charge in [-0.2, -0.15) is 0 Å². The molecule has 2 atom stereocenters. The van der Waals surface area contributed by atoms with Gasteiger partial charge in [-0.1, -0.05) is 0 Å². The van der Waals surface area contributed by atoms with Gasteiger partial charge in [0, 0.05) is 0 Å². The lowest BCUT2D eigenvalue weighted by Crippen LogP contribution is -2.20. The topological polar surface area (TPSA) is 38.8 Å². The third-order valence-electron chi connectivity index (χ3n) is 2.41. The smallest absolute Gasteiger partial charge is 0.309 e. The van der Waals surface area contributed by atoms with Crippen molar-refractivity contribution in [3.63, 3.8) is 0 Å². The average Bonchev–Trinajstić information content (AvgIpc) is 2.57. The highest BCUT2D eigenvalue weighted by molar-refractivity contribution is 5.73. The highest BCUT2D eigenvalue weighted by Gasteiger charge is 2.50. The van der Waals surface area contributed by atoms with E-state index in [2.05, 4.69) is 0 Å². The lowest BCUT2D eigenvalue weighted by molar-refractivity contribution is -0.153. The monoisotopic (exact) mass is 170 g/mol. The molecule has 2 unspecified atom stereocenters. The van der Waals surface area contributed by atoms with Gasteiger partial charge < -0.3 is 9.47 Å². The van der Waals surface area contributed by atoms with Gasteiger partial charge in [0.1, 0.15) is 0 Å². The second-order valence-electron chi connectivity index (χ2n) is 3.87. The van der Waals surface area contributed by atoms with E-state index in [1.165, 1.54) is 0 Å². The lowest BCUT2D eigenvalue weighted by atomic mass is 10.1. The maximum Gasteiger partial charge on any atom is 0.309 e. The summed E-state index contributed by atoms with van der Waals surface area (Å²) in [5.41, 5.74) is 0. The molecule has 0 aromatic heterocycles. The first-order valence-corrected chi connectivity index (χ1v) is 4.53. The first-order chi connectivity index (χ1) is 5.66. The lowest BCUT2D eigenvalue weighted by Gasteiger charge is -2.13. The van der Waals surface area contributed by atoms with Crippen molar-refractivity contribution in [1.29, 1.82) is 0 Å². The summed E-state index contributed by atoms with van der Waals surface area (Å²) in [5, 5.41) is 0. The van der Waals surface area contributed by atoms with Gasteiger partial charge in [0.2, 0.25) is 0 Å². The van der Waals surface area contributed by atoms with Crippen LogP contribution in [0.15, 0.2) is 0 Å². The summed E-state index contributed by atoms with van der Waals surface area (Å²) in [6.45, 7) is 3.76. The minimum atomic E-state index is -0.0409. The normalized spacial score (nSPS) is 38.1. The summed E-state index contributed by atoms with van der Waals surface area (Å²) in [6.07, 6.45) is 2.49. The molecule has 1 saturated heterocycles. The van der Waals surface area contributed by atoms with Crippen LogP contribution >= 0.6 is 0 Å². The van der Waals surface area contributed by atoms with E-state index in [-0.39, 0.29) is 18.0 Å². The van der Waals surface area contributed by atoms with Crippen molar-refractivity contribution in [1.82, 2.24) is 0 Å². The Hall–Kier alpha value is -0.570. The fourth-order valence-electron chi connectivity index (χ4n) is 1.77. The van der Waals surface area contributed by atoms with Crippen LogP contribution in [-0.2, 0) is 14.3 Å². The third-order valence-corrected chi connectivity index (χ3v) is 2.41. The maximum atomic E-state index is 11.3. The molecule has 68 valence electrons. The fraction of sp³-hybridized carbons (Fsp3) is 0.889. The second kappa shape index (κ2) is 2.73. The van der Waals surface area contributed by atoms with Gasteiger partial charge in [-0.15, -0.1) is 0 Å². The highest BCUT2D eigenvalue weighted by Crippen LogP contribution is 2.42. The molecule has 1 saturated carbocycles. The number of carbonyl (C=O) groups excluding carboxylic acids is 1. The number of ether oxygens (including phenoxy) is 2. The Kier molecular flexibility index (Phi) is 1.83. The van der Waals surface area contributed by atoms with Gasteiger partial charge in [0.05, 0.1) is 24.2 Å². The van der Waals surface area contributed by atoms with Crippen molar-refractivity contribution in [2.24, 2.45) is 5.92 Å². The Balaban J connectivity index is 1.81. The van der Waals surface area contributed by atoms with Crippen molar-refractivity contribution in [2.45, 2.75) is 45.0 Å². The first-order valence-electron chi connectivity index (χ1n) is 4.53. The van der Waals surface area contributed by atoms with Crippen LogP contribution in [0.2, 0.25) is 0 Å². The van der Waals surface area contributed by atoms with Crippen molar-refractivity contribution in [3.05, 3.63) is 0 Å². The van der Waals surface area contributed by atoms with E-state index in [0.29, 0.717) is 12.2 Å². The quantitative estimate of drug-likeness (QED) is 0.460. The van der Waals surface area contributed by atoms with Gasteiger partial charge in [0.15, 0.2) is 0 Å². The van der Waals surface area contributed by atoms with Crippen LogP contribution in [0.3, 0.4) is 0 Å². The highest BCUT2D eigenvalue weighted by atomic mass is 16.6. The van der Waals surface area contributed by atoms with Crippen LogP contribution in [0.25, 0.3) is 0 Å². The Labute approximate surface area is 72.0 Å². The van der Waals surface area contributed by atoms with Gasteiger partial charge in [-0.3, -0.25) is 4.79 Å². The molecule has 3 nitrogen and oxygen atoms in total. The van der Waals surface area contributed by atoms with E-state index in [4.69, 9.17) is 9.47 Å². The van der Waals surface area contributed by atoms with Gasteiger partial charge in [0.25, 0.3) is 0 Å². The zero-order chi connectivity index (χ0) is 8.72. The molecule has 12 heavy (non-hydrogen) atoms. The molecule has 1 aliphatic carbocycles. The number of hydrogen-bond acceptors (Lipinski definition) is 3. The molecule has 0 radical (unpaired) electrons. The number of carbonyl (C=O) groups is 1. The van der Waals surface area contributed by atoms with E-state index in [9.17, 15) is 4.79 Å². The molecule has 3 heteroatoms. The zero-order valence-electron chi connectivity index (χ0n) is 7.45. The molecular weight excluding hydrogens is 156 g/mol. The number of epoxide rings is 1. The van der Waals surface area contributed by atoms with Gasteiger partial charge in [-0.25, -0.2) is 0 Å². The SMILES string of the molecule is CC(C)OC(=O)C1CC2OC2C1. The predicted molar refractivity (Wildman–Crippen MR) is 42.6 cm³/mol. The summed E-state index contributed by atoms with van der Waals surface area (Å²) in [5.74, 6) is 0.0666. The number of rotatable bonds is 2. The standard InChI is InChI=1S/C9H14O3/c1-5(2)11-9(10)6-3-7-8(4-6)12-7/h5-8H,3-4H2,1-2H3. The molecule has 0 aromatic rings. The Bertz CT molecular complexity index is 190. The third kappa shape index (κ3) is 1.46. The first kappa shape index (κ1) is 8.05. The maximum absolute atomic E-state index is 11.3. The van der Waals surface area contributed by atoms with Crippen LogP contribution < -0.4 is 0 Å². The molecule has 0 aromatic carbocycles. The molecule has 2 rings (SSSR count). The Morgan fingerprint density at radius 2 is 2.00 bits per heavy atom. The fourth-order valence-corrected chi connectivity index (χ4v) is 1.77. The summed E-state index contributed by atoms with van der Waals surface area (Å²) >= 11 is 0. The second-order valence-corrected chi connectivity index (χ2v) is 3.87. The van der Waals surface area contributed by atoms with Gasteiger partial charge >= 0.3 is 5.97 Å². The molecule has 0 amide bonds. The molecule has 0 N–H and O–H groups in total. The van der Waals surface area contributed by atoms with E-state index >= 15 is 0 Å². The van der Waals surface area contributed by atoms with Crippen LogP contribution in [0.5, 0.6) is 0 Å². The van der Waals surface area contributed by atoms with Crippen molar-refractivity contribution in [2.75, 3.05) is 0 Å². The molecule has 2 aliphatic rings. The number of hydrogen-bond donors (Lipinski definition) is 0. The summed E-state index contributed by atoms with van der Waals surface area (Å²) < 4.78 is 10.3. The molecule has 1 heterocycles. The Morgan fingerprint density at radius 1 is 1.42 bits per heavy atom. The van der Waals surface area contributed by atoms with Crippen LogP contribution in [0, 0.1) is 5.92 Å².